The summed E-state index contributed by atoms with van der Waals surface area (Å²) < 4.78 is 16.5. The number of nitrogens with zero attached hydrogens (tertiary/aromatic N) is 1. The van der Waals surface area contributed by atoms with Crippen molar-refractivity contribution in [1.82, 2.24) is 4.90 Å². The first kappa shape index (κ1) is 21.9. The molecular weight excluding hydrogens is 474 g/mol. The molecule has 9 heteroatoms. The maximum absolute atomic E-state index is 12.5. The molecule has 0 aliphatic carbocycles. The maximum Gasteiger partial charge on any atom is 0.325 e. The Morgan fingerprint density at radius 1 is 1.17 bits per heavy atom. The molecule has 7 nitrogen and oxygen atoms in total. The van der Waals surface area contributed by atoms with Crippen LogP contribution >= 0.6 is 27.7 Å². The van der Waals surface area contributed by atoms with Crippen LogP contribution in [0.4, 0.5) is 4.79 Å². The molecule has 1 aliphatic heterocycles. The molecule has 30 heavy (non-hydrogen) atoms. The number of methoxy groups -OCH3 is 2. The average Bonchev–Trinajstić information content (AvgIpc) is 3.00. The molecule has 0 bridgehead atoms. The van der Waals surface area contributed by atoms with Gasteiger partial charge < -0.3 is 14.2 Å². The fourth-order valence-corrected chi connectivity index (χ4v) is 4.09. The van der Waals surface area contributed by atoms with E-state index in [-0.39, 0.29) is 4.91 Å². The van der Waals surface area contributed by atoms with E-state index in [2.05, 4.69) is 20.7 Å². The largest absolute Gasteiger partial charge is 0.493 e. The van der Waals surface area contributed by atoms with Crippen molar-refractivity contribution in [3.63, 3.8) is 0 Å². The van der Waals surface area contributed by atoms with E-state index in [1.54, 1.807) is 18.2 Å². The Morgan fingerprint density at radius 2 is 1.90 bits per heavy atom. The van der Waals surface area contributed by atoms with E-state index in [1.807, 2.05) is 30.3 Å². The number of hydrogen-bond donors (Lipinski definition) is 0. The van der Waals surface area contributed by atoms with Crippen molar-refractivity contribution < 1.29 is 28.6 Å². The lowest BCUT2D eigenvalue weighted by atomic mass is 10.1. The molecule has 1 aliphatic rings. The normalized spacial score (nSPS) is 14.9. The molecule has 2 aromatic rings. The van der Waals surface area contributed by atoms with Crippen molar-refractivity contribution in [3.05, 3.63) is 63.0 Å². The highest BCUT2D eigenvalue weighted by Crippen LogP contribution is 2.39. The monoisotopic (exact) mass is 491 g/mol. The van der Waals surface area contributed by atoms with Gasteiger partial charge in [-0.05, 0) is 57.0 Å². The van der Waals surface area contributed by atoms with E-state index in [4.69, 9.17) is 9.47 Å². The topological polar surface area (TPSA) is 82.1 Å². The van der Waals surface area contributed by atoms with Gasteiger partial charge in [-0.3, -0.25) is 19.3 Å². The lowest BCUT2D eigenvalue weighted by Gasteiger charge is -2.14. The molecule has 156 valence electrons. The second-order valence-electron chi connectivity index (χ2n) is 6.15. The van der Waals surface area contributed by atoms with E-state index in [0.717, 1.165) is 22.2 Å². The summed E-state index contributed by atoms with van der Waals surface area (Å²) in [4.78, 5) is 37.0. The minimum atomic E-state index is -0.664. The summed E-state index contributed by atoms with van der Waals surface area (Å²) in [5.74, 6) is -0.213. The maximum atomic E-state index is 12.5. The Labute approximate surface area is 186 Å². The molecule has 0 saturated carbocycles. The molecule has 2 amide bonds. The van der Waals surface area contributed by atoms with E-state index in [9.17, 15) is 14.4 Å². The van der Waals surface area contributed by atoms with Gasteiger partial charge in [-0.15, -0.1) is 0 Å². The van der Waals surface area contributed by atoms with Crippen molar-refractivity contribution >= 4 is 50.9 Å². The van der Waals surface area contributed by atoms with Gasteiger partial charge in [-0.2, -0.15) is 0 Å². The Kier molecular flexibility index (Phi) is 7.17. The SMILES string of the molecule is COC(=O)CN1C(=O)S/C(=C\c2cc(Br)c(OCc3ccccc3)c(OC)c2)C1=O. The highest BCUT2D eigenvalue weighted by molar-refractivity contribution is 9.10. The van der Waals surface area contributed by atoms with Crippen molar-refractivity contribution in [2.24, 2.45) is 0 Å². The van der Waals surface area contributed by atoms with E-state index in [0.29, 0.717) is 28.1 Å². The van der Waals surface area contributed by atoms with Gasteiger partial charge in [0.15, 0.2) is 11.5 Å². The van der Waals surface area contributed by atoms with Crippen LogP contribution in [-0.4, -0.2) is 42.8 Å². The third-order valence-electron chi connectivity index (χ3n) is 4.16. The number of rotatable bonds is 7. The van der Waals surface area contributed by atoms with Crippen molar-refractivity contribution in [3.8, 4) is 11.5 Å². The van der Waals surface area contributed by atoms with Crippen molar-refractivity contribution in [2.75, 3.05) is 20.8 Å². The number of benzene rings is 2. The van der Waals surface area contributed by atoms with E-state index < -0.39 is 23.7 Å². The minimum absolute atomic E-state index is 0.204. The molecule has 0 atom stereocenters. The lowest BCUT2D eigenvalue weighted by molar-refractivity contribution is -0.143. The Hall–Kier alpha value is -2.78. The summed E-state index contributed by atoms with van der Waals surface area (Å²) in [6.45, 7) is -0.0562. The number of amides is 2. The van der Waals surface area contributed by atoms with Gasteiger partial charge in [0.1, 0.15) is 13.2 Å². The fourth-order valence-electron chi connectivity index (χ4n) is 2.67. The van der Waals surface area contributed by atoms with Crippen LogP contribution in [0, 0.1) is 0 Å². The van der Waals surface area contributed by atoms with Crippen molar-refractivity contribution in [2.45, 2.75) is 6.61 Å². The zero-order valence-electron chi connectivity index (χ0n) is 16.2. The number of imide groups is 1. The number of hydrogen-bond acceptors (Lipinski definition) is 7. The smallest absolute Gasteiger partial charge is 0.325 e. The minimum Gasteiger partial charge on any atom is -0.493 e. The van der Waals surface area contributed by atoms with Crippen LogP contribution in [0.15, 0.2) is 51.8 Å². The molecule has 3 rings (SSSR count). The molecule has 0 radical (unpaired) electrons. The average molecular weight is 492 g/mol. The number of halogens is 1. The number of carbonyl (C=O) groups excluding carboxylic acids is 3. The molecule has 1 heterocycles. The van der Waals surface area contributed by atoms with Gasteiger partial charge in [0.05, 0.1) is 23.6 Å². The zero-order valence-corrected chi connectivity index (χ0v) is 18.6. The van der Waals surface area contributed by atoms with Gasteiger partial charge in [0.2, 0.25) is 0 Å². The summed E-state index contributed by atoms with van der Waals surface area (Å²) in [6.07, 6.45) is 1.57. The van der Waals surface area contributed by atoms with E-state index in [1.165, 1.54) is 14.2 Å². The van der Waals surface area contributed by atoms with Crippen LogP contribution in [-0.2, 0) is 20.9 Å². The molecule has 0 N–H and O–H groups in total. The predicted octanol–water partition coefficient (Wildman–Crippen LogP) is 4.25. The summed E-state index contributed by atoms with van der Waals surface area (Å²) in [5, 5.41) is -0.523. The Morgan fingerprint density at radius 3 is 2.57 bits per heavy atom. The molecular formula is C21H18BrNO6S. The highest BCUT2D eigenvalue weighted by atomic mass is 79.9. The van der Waals surface area contributed by atoms with Crippen LogP contribution in [0.3, 0.4) is 0 Å². The van der Waals surface area contributed by atoms with Gasteiger partial charge in [0, 0.05) is 0 Å². The standard InChI is InChI=1S/C21H18BrNO6S/c1-27-16-9-14(8-15(22)19(16)29-12-13-6-4-3-5-7-13)10-17-20(25)23(21(26)30-17)11-18(24)28-2/h3-10H,11-12H2,1-2H3/b17-10-. The molecule has 1 fully saturated rings. The van der Waals surface area contributed by atoms with Crippen LogP contribution in [0.5, 0.6) is 11.5 Å². The Bertz CT molecular complexity index is 1010. The molecule has 0 aromatic heterocycles. The third kappa shape index (κ3) is 5.03. The predicted molar refractivity (Wildman–Crippen MR) is 116 cm³/mol. The highest BCUT2D eigenvalue weighted by Gasteiger charge is 2.36. The van der Waals surface area contributed by atoms with E-state index >= 15 is 0 Å². The zero-order chi connectivity index (χ0) is 21.7. The first-order chi connectivity index (χ1) is 14.4. The van der Waals surface area contributed by atoms with Crippen LogP contribution in [0.1, 0.15) is 11.1 Å². The summed E-state index contributed by atoms with van der Waals surface area (Å²) in [7, 11) is 2.72. The van der Waals surface area contributed by atoms with Gasteiger partial charge in [-0.25, -0.2) is 0 Å². The first-order valence-corrected chi connectivity index (χ1v) is 10.4. The number of ether oxygens (including phenoxy) is 3. The summed E-state index contributed by atoms with van der Waals surface area (Å²) in [6, 6.07) is 13.2. The quantitative estimate of drug-likeness (QED) is 0.422. The van der Waals surface area contributed by atoms with Gasteiger partial charge >= 0.3 is 5.97 Å². The number of thioether (sulfide) groups is 1. The van der Waals surface area contributed by atoms with Crippen LogP contribution in [0.25, 0.3) is 6.08 Å². The van der Waals surface area contributed by atoms with Gasteiger partial charge in [-0.1, -0.05) is 30.3 Å². The molecule has 2 aromatic carbocycles. The lowest BCUT2D eigenvalue weighted by Crippen LogP contribution is -2.34. The number of carbonyl (C=O) groups is 3. The fraction of sp³-hybridized carbons (Fsp3) is 0.190. The molecule has 0 spiro atoms. The summed E-state index contributed by atoms with van der Waals surface area (Å²) >= 11 is 4.24. The molecule has 1 saturated heterocycles. The first-order valence-electron chi connectivity index (χ1n) is 8.79. The van der Waals surface area contributed by atoms with Crippen molar-refractivity contribution in [1.29, 1.82) is 0 Å². The van der Waals surface area contributed by atoms with Crippen LogP contribution < -0.4 is 9.47 Å². The Balaban J connectivity index is 1.81. The van der Waals surface area contributed by atoms with Gasteiger partial charge in [0.25, 0.3) is 11.1 Å². The number of esters is 1. The molecule has 0 unspecified atom stereocenters. The second kappa shape index (κ2) is 9.82. The third-order valence-corrected chi connectivity index (χ3v) is 5.66. The second-order valence-corrected chi connectivity index (χ2v) is 8.00. The van der Waals surface area contributed by atoms with Crippen LogP contribution in [0.2, 0.25) is 0 Å². The summed E-state index contributed by atoms with van der Waals surface area (Å²) in [5.41, 5.74) is 1.64.